The quantitative estimate of drug-likeness (QED) is 0.403. The van der Waals surface area contributed by atoms with Crippen LogP contribution in [0, 0.1) is 0 Å². The molecule has 3 aliphatic rings. The van der Waals surface area contributed by atoms with E-state index in [9.17, 15) is 4.79 Å². The minimum atomic E-state index is -0.560. The molecule has 1 aliphatic heterocycles. The van der Waals surface area contributed by atoms with Crippen LogP contribution in [-0.4, -0.2) is 31.5 Å². The molecule has 1 N–H and O–H groups in total. The fraction of sp³-hybridized carbons (Fsp3) is 0.594. The van der Waals surface area contributed by atoms with Gasteiger partial charge in [-0.1, -0.05) is 87.1 Å². The molecule has 2 saturated carbocycles. The molecule has 0 spiro atoms. The summed E-state index contributed by atoms with van der Waals surface area (Å²) in [7, 11) is 0. The molecule has 0 amide bonds. The zero-order valence-corrected chi connectivity index (χ0v) is 21.9. The van der Waals surface area contributed by atoms with E-state index < -0.39 is 6.16 Å². The van der Waals surface area contributed by atoms with Crippen LogP contribution in [0.4, 0.5) is 4.79 Å². The maximum absolute atomic E-state index is 11.9. The third-order valence-corrected chi connectivity index (χ3v) is 8.80. The highest BCUT2D eigenvalue weighted by atomic mass is 16.7. The van der Waals surface area contributed by atoms with Gasteiger partial charge in [-0.05, 0) is 66.7 Å². The number of benzene rings is 2. The summed E-state index contributed by atoms with van der Waals surface area (Å²) in [5.74, 6) is 1.66. The average Bonchev–Trinajstić information content (AvgIpc) is 3.38. The Labute approximate surface area is 217 Å². The molecular weight excluding hydrogens is 446 g/mol. The van der Waals surface area contributed by atoms with Gasteiger partial charge in [-0.2, -0.15) is 0 Å². The minimum absolute atomic E-state index is 0.153. The Morgan fingerprint density at radius 3 is 1.78 bits per heavy atom. The summed E-state index contributed by atoms with van der Waals surface area (Å²) in [4.78, 5) is 11.9. The number of carbonyl (C=O) groups excluding carboxylic acids is 1. The summed E-state index contributed by atoms with van der Waals surface area (Å²) in [6.07, 6.45) is 13.6. The van der Waals surface area contributed by atoms with Gasteiger partial charge >= 0.3 is 6.16 Å². The maximum atomic E-state index is 11.9. The van der Waals surface area contributed by atoms with Crippen molar-refractivity contribution in [3.05, 3.63) is 70.8 Å². The minimum Gasteiger partial charge on any atom is -0.435 e. The van der Waals surface area contributed by atoms with Crippen LogP contribution in [0.25, 0.3) is 0 Å². The van der Waals surface area contributed by atoms with Gasteiger partial charge in [-0.3, -0.25) is 0 Å². The van der Waals surface area contributed by atoms with Crippen molar-refractivity contribution in [1.29, 1.82) is 0 Å². The smallest absolute Gasteiger partial charge is 0.435 e. The van der Waals surface area contributed by atoms with Crippen LogP contribution >= 0.6 is 0 Å². The molecule has 0 bridgehead atoms. The lowest BCUT2D eigenvalue weighted by molar-refractivity contribution is 0.0318. The molecule has 2 aliphatic carbocycles. The van der Waals surface area contributed by atoms with Crippen LogP contribution in [0.5, 0.6) is 0 Å². The first-order valence-corrected chi connectivity index (χ1v) is 14.5. The van der Waals surface area contributed by atoms with Crippen LogP contribution in [0.3, 0.4) is 0 Å². The Kier molecular flexibility index (Phi) is 8.63. The number of rotatable bonds is 7. The zero-order chi connectivity index (χ0) is 24.7. The Bertz CT molecular complexity index is 896. The summed E-state index contributed by atoms with van der Waals surface area (Å²) in [5.41, 5.74) is 5.67. The van der Waals surface area contributed by atoms with Crippen molar-refractivity contribution in [1.82, 2.24) is 5.32 Å². The van der Waals surface area contributed by atoms with E-state index in [1.165, 1.54) is 86.5 Å². The topological polar surface area (TPSA) is 47.6 Å². The van der Waals surface area contributed by atoms with Gasteiger partial charge < -0.3 is 14.8 Å². The summed E-state index contributed by atoms with van der Waals surface area (Å²) in [5, 5.41) is 3.67. The van der Waals surface area contributed by atoms with E-state index in [0.717, 1.165) is 6.42 Å². The SMILES string of the molecule is CCOC(=O)OC1CNC(C(c2ccc(C3CCCCC3)cc2)c2ccc(C3CCCCC3)cc2)C1. The Hall–Kier alpha value is -2.33. The summed E-state index contributed by atoms with van der Waals surface area (Å²) >= 11 is 0. The molecule has 0 aromatic heterocycles. The van der Waals surface area contributed by atoms with Crippen molar-refractivity contribution in [2.75, 3.05) is 13.2 Å². The van der Waals surface area contributed by atoms with E-state index in [-0.39, 0.29) is 18.1 Å². The lowest BCUT2D eigenvalue weighted by atomic mass is 9.79. The summed E-state index contributed by atoms with van der Waals surface area (Å²) in [6, 6.07) is 19.1. The van der Waals surface area contributed by atoms with Crippen LogP contribution in [0.2, 0.25) is 0 Å². The molecule has 3 fully saturated rings. The highest BCUT2D eigenvalue weighted by molar-refractivity contribution is 5.60. The van der Waals surface area contributed by atoms with Crippen LogP contribution in [0.1, 0.15) is 118 Å². The van der Waals surface area contributed by atoms with Gasteiger partial charge in [0.1, 0.15) is 6.10 Å². The summed E-state index contributed by atoms with van der Waals surface area (Å²) in [6.45, 7) is 2.81. The van der Waals surface area contributed by atoms with Gasteiger partial charge in [-0.25, -0.2) is 4.79 Å². The zero-order valence-electron chi connectivity index (χ0n) is 21.9. The first-order chi connectivity index (χ1) is 17.7. The number of carbonyl (C=O) groups is 1. The van der Waals surface area contributed by atoms with Gasteiger partial charge in [0.2, 0.25) is 0 Å². The van der Waals surface area contributed by atoms with Gasteiger partial charge in [-0.15, -0.1) is 0 Å². The van der Waals surface area contributed by atoms with Crippen LogP contribution in [-0.2, 0) is 9.47 Å². The second kappa shape index (κ2) is 12.3. The normalized spacial score (nSPS) is 23.6. The molecule has 0 radical (unpaired) electrons. The molecular formula is C32H43NO3. The highest BCUT2D eigenvalue weighted by Gasteiger charge is 2.35. The molecule has 4 nitrogen and oxygen atoms in total. The number of hydrogen-bond donors (Lipinski definition) is 1. The Morgan fingerprint density at radius 2 is 1.31 bits per heavy atom. The Morgan fingerprint density at radius 1 is 0.806 bits per heavy atom. The molecule has 2 aromatic rings. The third-order valence-electron chi connectivity index (χ3n) is 8.80. The van der Waals surface area contributed by atoms with Gasteiger partial charge in [0, 0.05) is 24.9 Å². The molecule has 36 heavy (non-hydrogen) atoms. The van der Waals surface area contributed by atoms with Crippen molar-refractivity contribution in [3.8, 4) is 0 Å². The number of hydrogen-bond acceptors (Lipinski definition) is 4. The number of nitrogens with one attached hydrogen (secondary N) is 1. The molecule has 5 rings (SSSR count). The lowest BCUT2D eigenvalue weighted by Crippen LogP contribution is -2.29. The highest BCUT2D eigenvalue weighted by Crippen LogP contribution is 2.38. The lowest BCUT2D eigenvalue weighted by Gasteiger charge is -2.27. The second-order valence-corrected chi connectivity index (χ2v) is 11.2. The van der Waals surface area contributed by atoms with E-state index in [2.05, 4.69) is 53.8 Å². The third kappa shape index (κ3) is 6.14. The standard InChI is InChI=1S/C32H43NO3/c1-2-35-32(34)36-29-21-30(33-22-29)31(27-17-13-25(14-18-27)23-9-5-3-6-10-23)28-19-15-26(16-20-28)24-11-7-4-8-12-24/h13-20,23-24,29-31,33H,2-12,21-22H2,1H3. The van der Waals surface area contributed by atoms with Crippen molar-refractivity contribution >= 4 is 6.16 Å². The van der Waals surface area contributed by atoms with E-state index in [1.54, 1.807) is 6.92 Å². The van der Waals surface area contributed by atoms with Crippen LogP contribution < -0.4 is 5.32 Å². The fourth-order valence-corrected chi connectivity index (χ4v) is 6.84. The van der Waals surface area contributed by atoms with Gasteiger partial charge in [0.05, 0.1) is 6.61 Å². The molecule has 2 atom stereocenters. The molecule has 1 saturated heterocycles. The predicted molar refractivity (Wildman–Crippen MR) is 145 cm³/mol. The van der Waals surface area contributed by atoms with Crippen molar-refractivity contribution in [2.45, 2.75) is 107 Å². The monoisotopic (exact) mass is 489 g/mol. The van der Waals surface area contributed by atoms with Gasteiger partial charge in [0.25, 0.3) is 0 Å². The van der Waals surface area contributed by atoms with Crippen molar-refractivity contribution < 1.29 is 14.3 Å². The largest absolute Gasteiger partial charge is 0.508 e. The first kappa shape index (κ1) is 25.3. The van der Waals surface area contributed by atoms with Crippen molar-refractivity contribution in [2.24, 2.45) is 0 Å². The second-order valence-electron chi connectivity index (χ2n) is 11.2. The maximum Gasteiger partial charge on any atom is 0.508 e. The fourth-order valence-electron chi connectivity index (χ4n) is 6.84. The van der Waals surface area contributed by atoms with Crippen molar-refractivity contribution in [3.63, 3.8) is 0 Å². The average molecular weight is 490 g/mol. The van der Waals surface area contributed by atoms with E-state index in [1.807, 2.05) is 0 Å². The molecule has 194 valence electrons. The van der Waals surface area contributed by atoms with E-state index in [0.29, 0.717) is 25.0 Å². The van der Waals surface area contributed by atoms with Crippen LogP contribution in [0.15, 0.2) is 48.5 Å². The van der Waals surface area contributed by atoms with Gasteiger partial charge in [0.15, 0.2) is 0 Å². The Balaban J connectivity index is 1.36. The molecule has 4 heteroatoms. The van der Waals surface area contributed by atoms with E-state index >= 15 is 0 Å². The predicted octanol–water partition coefficient (Wildman–Crippen LogP) is 7.82. The number of ether oxygens (including phenoxy) is 2. The van der Waals surface area contributed by atoms with E-state index in [4.69, 9.17) is 9.47 Å². The molecule has 1 heterocycles. The summed E-state index contributed by atoms with van der Waals surface area (Å²) < 4.78 is 10.6. The molecule has 2 aromatic carbocycles. The molecule has 2 unspecified atom stereocenters. The first-order valence-electron chi connectivity index (χ1n) is 14.5.